The zero-order chi connectivity index (χ0) is 12.8. The number of carbonyl (C=O) groups excluding carboxylic acids is 1. The lowest BCUT2D eigenvalue weighted by atomic mass is 10.1. The molecule has 0 aliphatic rings. The number of carbonyl (C=O) groups is 2. The van der Waals surface area contributed by atoms with Gasteiger partial charge in [-0.2, -0.15) is 0 Å². The first-order valence-corrected chi connectivity index (χ1v) is 6.60. The van der Waals surface area contributed by atoms with E-state index >= 15 is 0 Å². The molecular weight excluding hydrogens is 216 g/mol. The fraction of sp³-hybridized carbons (Fsp3) is 0.714. The Morgan fingerprint density at radius 2 is 1.29 bits per heavy atom. The van der Waals surface area contributed by atoms with E-state index in [1.807, 2.05) is 0 Å². The van der Waals surface area contributed by atoms with E-state index in [-0.39, 0.29) is 0 Å². The number of carboxylic acids is 1. The van der Waals surface area contributed by atoms with Crippen LogP contribution in [0.2, 0.25) is 0 Å². The molecule has 0 spiro atoms. The zero-order valence-electron chi connectivity index (χ0n) is 10.6. The van der Waals surface area contributed by atoms with E-state index in [1.54, 1.807) is 6.08 Å². The Hall–Kier alpha value is -1.12. The molecule has 98 valence electrons. The highest BCUT2D eigenvalue weighted by Gasteiger charge is 1.92. The molecule has 0 bridgehead atoms. The molecule has 3 nitrogen and oxygen atoms in total. The third-order valence-corrected chi connectivity index (χ3v) is 2.70. The summed E-state index contributed by atoms with van der Waals surface area (Å²) in [5, 5.41) is 8.37. The van der Waals surface area contributed by atoms with Crippen molar-refractivity contribution in [3.63, 3.8) is 0 Å². The molecule has 0 aliphatic carbocycles. The van der Waals surface area contributed by atoms with Gasteiger partial charge in [-0.15, -0.1) is 0 Å². The van der Waals surface area contributed by atoms with Gasteiger partial charge in [-0.3, -0.25) is 0 Å². The maximum atomic E-state index is 10.2. The molecule has 0 aromatic heterocycles. The standard InChI is InChI=1S/C14H24O3/c15-13-11-9-7-5-3-1-2-4-6-8-10-12-14(16)17/h10,12-13H,1-9,11H2,(H,16,17). The molecule has 0 rings (SSSR count). The number of allylic oxidation sites excluding steroid dienone is 1. The summed E-state index contributed by atoms with van der Waals surface area (Å²) in [6.45, 7) is 0. The number of hydrogen-bond donors (Lipinski definition) is 1. The van der Waals surface area contributed by atoms with Crippen molar-refractivity contribution in [2.45, 2.75) is 64.2 Å². The average molecular weight is 240 g/mol. The van der Waals surface area contributed by atoms with Crippen LogP contribution in [0.25, 0.3) is 0 Å². The van der Waals surface area contributed by atoms with Crippen molar-refractivity contribution in [2.75, 3.05) is 0 Å². The Bertz CT molecular complexity index is 222. The summed E-state index contributed by atoms with van der Waals surface area (Å²) < 4.78 is 0. The largest absolute Gasteiger partial charge is 0.478 e. The average Bonchev–Trinajstić information content (AvgIpc) is 2.30. The minimum absolute atomic E-state index is 0.704. The van der Waals surface area contributed by atoms with Gasteiger partial charge in [-0.25, -0.2) is 4.79 Å². The predicted octanol–water partition coefficient (Wildman–Crippen LogP) is 3.73. The van der Waals surface area contributed by atoms with Crippen LogP contribution in [-0.4, -0.2) is 17.4 Å². The smallest absolute Gasteiger partial charge is 0.327 e. The van der Waals surface area contributed by atoms with Gasteiger partial charge in [0.15, 0.2) is 0 Å². The van der Waals surface area contributed by atoms with Gasteiger partial charge < -0.3 is 9.90 Å². The summed E-state index contributed by atoms with van der Waals surface area (Å²) in [6, 6.07) is 0. The lowest BCUT2D eigenvalue weighted by Gasteiger charge is -2.00. The molecular formula is C14H24O3. The Kier molecular flexibility index (Phi) is 12.1. The molecule has 0 saturated heterocycles. The lowest BCUT2D eigenvalue weighted by molar-refractivity contribution is -0.131. The third kappa shape index (κ3) is 14.9. The van der Waals surface area contributed by atoms with Crippen LogP contribution in [0.15, 0.2) is 12.2 Å². The predicted molar refractivity (Wildman–Crippen MR) is 69.0 cm³/mol. The molecule has 0 atom stereocenters. The molecule has 1 N–H and O–H groups in total. The van der Waals surface area contributed by atoms with Crippen molar-refractivity contribution in [1.82, 2.24) is 0 Å². The van der Waals surface area contributed by atoms with Crippen LogP contribution in [-0.2, 0) is 9.59 Å². The van der Waals surface area contributed by atoms with Crippen LogP contribution in [0.5, 0.6) is 0 Å². The molecule has 0 saturated carbocycles. The molecule has 0 fully saturated rings. The number of aldehydes is 1. The highest BCUT2D eigenvalue weighted by Crippen LogP contribution is 2.10. The highest BCUT2D eigenvalue weighted by molar-refractivity contribution is 5.79. The molecule has 17 heavy (non-hydrogen) atoms. The van der Waals surface area contributed by atoms with Crippen LogP contribution in [0, 0.1) is 0 Å². The maximum Gasteiger partial charge on any atom is 0.327 e. The molecule has 0 heterocycles. The van der Waals surface area contributed by atoms with E-state index in [4.69, 9.17) is 5.11 Å². The molecule has 0 radical (unpaired) electrons. The molecule has 0 amide bonds. The van der Waals surface area contributed by atoms with Crippen LogP contribution >= 0.6 is 0 Å². The number of aliphatic carboxylic acids is 1. The quantitative estimate of drug-likeness (QED) is 0.321. The van der Waals surface area contributed by atoms with Crippen LogP contribution in [0.1, 0.15) is 64.2 Å². The SMILES string of the molecule is O=CCCCCCCCCCCC=CC(=O)O. The minimum atomic E-state index is -0.861. The van der Waals surface area contributed by atoms with Crippen molar-refractivity contribution in [2.24, 2.45) is 0 Å². The lowest BCUT2D eigenvalue weighted by Crippen LogP contribution is -1.85. The summed E-state index contributed by atoms with van der Waals surface area (Å²) in [5.74, 6) is -0.861. The minimum Gasteiger partial charge on any atom is -0.478 e. The van der Waals surface area contributed by atoms with Crippen molar-refractivity contribution in [1.29, 1.82) is 0 Å². The zero-order valence-corrected chi connectivity index (χ0v) is 10.6. The van der Waals surface area contributed by atoms with Crippen molar-refractivity contribution in [3.8, 4) is 0 Å². The van der Waals surface area contributed by atoms with Gasteiger partial charge >= 0.3 is 5.97 Å². The molecule has 3 heteroatoms. The Labute approximate surface area is 104 Å². The van der Waals surface area contributed by atoms with E-state index in [1.165, 1.54) is 44.6 Å². The number of hydrogen-bond acceptors (Lipinski definition) is 2. The summed E-state index contributed by atoms with van der Waals surface area (Å²) in [7, 11) is 0. The Balaban J connectivity index is 3.03. The monoisotopic (exact) mass is 240 g/mol. The molecule has 0 unspecified atom stereocenters. The van der Waals surface area contributed by atoms with E-state index in [2.05, 4.69) is 0 Å². The van der Waals surface area contributed by atoms with Gasteiger partial charge in [0.2, 0.25) is 0 Å². The normalized spacial score (nSPS) is 10.8. The van der Waals surface area contributed by atoms with Gasteiger partial charge in [0.1, 0.15) is 6.29 Å². The Morgan fingerprint density at radius 1 is 0.824 bits per heavy atom. The van der Waals surface area contributed by atoms with Gasteiger partial charge in [0, 0.05) is 12.5 Å². The van der Waals surface area contributed by atoms with Gasteiger partial charge in [0.25, 0.3) is 0 Å². The van der Waals surface area contributed by atoms with E-state index in [0.717, 1.165) is 25.5 Å². The molecule has 0 aromatic rings. The summed E-state index contributed by atoms with van der Waals surface area (Å²) >= 11 is 0. The first-order valence-electron chi connectivity index (χ1n) is 6.60. The Morgan fingerprint density at radius 3 is 1.76 bits per heavy atom. The summed E-state index contributed by atoms with van der Waals surface area (Å²) in [4.78, 5) is 20.2. The van der Waals surface area contributed by atoms with Crippen LogP contribution < -0.4 is 0 Å². The second-order valence-electron chi connectivity index (χ2n) is 4.31. The van der Waals surface area contributed by atoms with E-state index in [0.29, 0.717) is 6.42 Å². The number of rotatable bonds is 12. The first kappa shape index (κ1) is 15.9. The maximum absolute atomic E-state index is 10.2. The van der Waals surface area contributed by atoms with Gasteiger partial charge in [-0.1, -0.05) is 44.6 Å². The van der Waals surface area contributed by atoms with Gasteiger partial charge in [0.05, 0.1) is 0 Å². The van der Waals surface area contributed by atoms with Crippen molar-refractivity contribution < 1.29 is 14.7 Å². The highest BCUT2D eigenvalue weighted by atomic mass is 16.4. The van der Waals surface area contributed by atoms with Crippen molar-refractivity contribution in [3.05, 3.63) is 12.2 Å². The topological polar surface area (TPSA) is 54.4 Å². The summed E-state index contributed by atoms with van der Waals surface area (Å²) in [6.07, 6.45) is 14.9. The molecule has 0 aliphatic heterocycles. The van der Waals surface area contributed by atoms with Crippen LogP contribution in [0.4, 0.5) is 0 Å². The second-order valence-corrected chi connectivity index (χ2v) is 4.31. The van der Waals surface area contributed by atoms with E-state index in [9.17, 15) is 9.59 Å². The summed E-state index contributed by atoms with van der Waals surface area (Å²) in [5.41, 5.74) is 0. The van der Waals surface area contributed by atoms with Gasteiger partial charge in [-0.05, 0) is 19.3 Å². The fourth-order valence-corrected chi connectivity index (χ4v) is 1.73. The number of carboxylic acid groups (broad SMARTS) is 1. The fourth-order valence-electron chi connectivity index (χ4n) is 1.73. The second kappa shape index (κ2) is 12.9. The van der Waals surface area contributed by atoms with E-state index < -0.39 is 5.97 Å². The molecule has 0 aromatic carbocycles. The third-order valence-electron chi connectivity index (χ3n) is 2.70. The van der Waals surface area contributed by atoms with Crippen molar-refractivity contribution >= 4 is 12.3 Å². The van der Waals surface area contributed by atoms with Crippen LogP contribution in [0.3, 0.4) is 0 Å². The first-order chi connectivity index (χ1) is 8.27. The number of unbranched alkanes of at least 4 members (excludes halogenated alkanes) is 9.